The molecule has 4 aliphatic rings. The van der Waals surface area contributed by atoms with Gasteiger partial charge in [-0.3, -0.25) is 0 Å². The molecular formula is C29H46O. The molecular weight excluding hydrogens is 364 g/mol. The highest BCUT2D eigenvalue weighted by Crippen LogP contribution is 2.64. The molecule has 0 spiro atoms. The third kappa shape index (κ3) is 3.68. The first kappa shape index (κ1) is 22.4. The van der Waals surface area contributed by atoms with Crippen molar-refractivity contribution in [3.05, 3.63) is 34.4 Å². The number of allylic oxidation sites excluding steroid dienone is 5. The van der Waals surface area contributed by atoms with Crippen LogP contribution in [-0.4, -0.2) is 11.7 Å². The number of aliphatic hydroxyl groups is 1. The second-order valence-corrected chi connectivity index (χ2v) is 11.9. The molecule has 1 nitrogen and oxygen atoms in total. The SMILES string of the molecule is CC(C)C(=CCO)CC[C@@H](C)[C@H]1CC=C2C3=C(CC[C@@]21C)[C@@]1(C)CCCCC1CC3. The van der Waals surface area contributed by atoms with Crippen molar-refractivity contribution in [2.24, 2.45) is 34.5 Å². The van der Waals surface area contributed by atoms with Crippen molar-refractivity contribution in [1.82, 2.24) is 0 Å². The monoisotopic (exact) mass is 410 g/mol. The summed E-state index contributed by atoms with van der Waals surface area (Å²) >= 11 is 0. The van der Waals surface area contributed by atoms with Gasteiger partial charge in [-0.25, -0.2) is 0 Å². The van der Waals surface area contributed by atoms with E-state index in [1.54, 1.807) is 5.57 Å². The van der Waals surface area contributed by atoms with E-state index in [0.717, 1.165) is 24.2 Å². The summed E-state index contributed by atoms with van der Waals surface area (Å²) in [6.45, 7) is 12.5. The normalized spacial score (nSPS) is 37.6. The fourth-order valence-corrected chi connectivity index (χ4v) is 8.12. The molecule has 0 saturated heterocycles. The van der Waals surface area contributed by atoms with Crippen LogP contribution in [0.15, 0.2) is 34.4 Å². The minimum absolute atomic E-state index is 0.186. The quantitative estimate of drug-likeness (QED) is 0.440. The zero-order valence-electron chi connectivity index (χ0n) is 20.4. The minimum Gasteiger partial charge on any atom is -0.392 e. The van der Waals surface area contributed by atoms with Gasteiger partial charge in [0.15, 0.2) is 0 Å². The summed E-state index contributed by atoms with van der Waals surface area (Å²) in [5, 5.41) is 9.38. The Morgan fingerprint density at radius 1 is 1.10 bits per heavy atom. The van der Waals surface area contributed by atoms with Crippen LogP contribution in [0.3, 0.4) is 0 Å². The Bertz CT molecular complexity index is 737. The summed E-state index contributed by atoms with van der Waals surface area (Å²) in [6.07, 6.45) is 19.8. The van der Waals surface area contributed by atoms with Crippen molar-refractivity contribution in [2.45, 2.75) is 105 Å². The van der Waals surface area contributed by atoms with E-state index in [1.165, 1.54) is 69.8 Å². The van der Waals surface area contributed by atoms with Gasteiger partial charge in [0.2, 0.25) is 0 Å². The highest BCUT2D eigenvalue weighted by molar-refractivity contribution is 5.49. The number of hydrogen-bond acceptors (Lipinski definition) is 1. The summed E-state index contributed by atoms with van der Waals surface area (Å²) in [6, 6.07) is 0. The van der Waals surface area contributed by atoms with Crippen LogP contribution in [0, 0.1) is 34.5 Å². The zero-order valence-corrected chi connectivity index (χ0v) is 20.4. The Morgan fingerprint density at radius 2 is 1.90 bits per heavy atom. The lowest BCUT2D eigenvalue weighted by molar-refractivity contribution is 0.107. The van der Waals surface area contributed by atoms with Crippen molar-refractivity contribution >= 4 is 0 Å². The number of fused-ring (bicyclic) bond motifs is 4. The molecule has 0 heterocycles. The van der Waals surface area contributed by atoms with Crippen LogP contribution in [-0.2, 0) is 0 Å². The molecule has 30 heavy (non-hydrogen) atoms. The van der Waals surface area contributed by atoms with Gasteiger partial charge >= 0.3 is 0 Å². The summed E-state index contributed by atoms with van der Waals surface area (Å²) in [5.41, 5.74) is 7.85. The van der Waals surface area contributed by atoms with Gasteiger partial charge in [0.25, 0.3) is 0 Å². The van der Waals surface area contributed by atoms with Gasteiger partial charge in [-0.15, -0.1) is 0 Å². The number of hydrogen-bond donors (Lipinski definition) is 1. The predicted octanol–water partition coefficient (Wildman–Crippen LogP) is 8.01. The van der Waals surface area contributed by atoms with Crippen LogP contribution < -0.4 is 0 Å². The zero-order chi connectivity index (χ0) is 21.5. The van der Waals surface area contributed by atoms with Crippen LogP contribution >= 0.6 is 0 Å². The maximum atomic E-state index is 9.38. The summed E-state index contributed by atoms with van der Waals surface area (Å²) in [7, 11) is 0. The van der Waals surface area contributed by atoms with Crippen LogP contribution in [0.25, 0.3) is 0 Å². The molecule has 0 radical (unpaired) electrons. The first-order valence-corrected chi connectivity index (χ1v) is 13.0. The lowest BCUT2D eigenvalue weighted by Gasteiger charge is -2.53. The largest absolute Gasteiger partial charge is 0.392 e. The van der Waals surface area contributed by atoms with E-state index >= 15 is 0 Å². The molecule has 1 fully saturated rings. The maximum absolute atomic E-state index is 9.38. The maximum Gasteiger partial charge on any atom is 0.0615 e. The molecule has 0 aromatic rings. The molecule has 1 saturated carbocycles. The van der Waals surface area contributed by atoms with Gasteiger partial charge in [0.05, 0.1) is 6.61 Å². The molecule has 0 aromatic carbocycles. The van der Waals surface area contributed by atoms with Crippen LogP contribution in [0.1, 0.15) is 105 Å². The summed E-state index contributed by atoms with van der Waals surface area (Å²) in [5.74, 6) is 3.04. The van der Waals surface area contributed by atoms with E-state index < -0.39 is 0 Å². The topological polar surface area (TPSA) is 20.2 Å². The van der Waals surface area contributed by atoms with Gasteiger partial charge in [-0.1, -0.05) is 70.8 Å². The van der Waals surface area contributed by atoms with Gasteiger partial charge < -0.3 is 5.11 Å². The van der Waals surface area contributed by atoms with E-state index in [-0.39, 0.29) is 6.61 Å². The fraction of sp³-hybridized carbons (Fsp3) is 0.793. The van der Waals surface area contributed by atoms with Gasteiger partial charge in [-0.2, -0.15) is 0 Å². The highest BCUT2D eigenvalue weighted by Gasteiger charge is 2.52. The Balaban J connectivity index is 1.52. The summed E-state index contributed by atoms with van der Waals surface area (Å²) < 4.78 is 0. The van der Waals surface area contributed by atoms with Crippen molar-refractivity contribution < 1.29 is 5.11 Å². The summed E-state index contributed by atoms with van der Waals surface area (Å²) in [4.78, 5) is 0. The predicted molar refractivity (Wildman–Crippen MR) is 128 cm³/mol. The third-order valence-corrected chi connectivity index (χ3v) is 10.1. The van der Waals surface area contributed by atoms with Crippen LogP contribution in [0.2, 0.25) is 0 Å². The van der Waals surface area contributed by atoms with Gasteiger partial charge in [0, 0.05) is 0 Å². The van der Waals surface area contributed by atoms with E-state index in [0.29, 0.717) is 16.7 Å². The molecule has 0 amide bonds. The van der Waals surface area contributed by atoms with Gasteiger partial charge in [-0.05, 0) is 103 Å². The molecule has 1 unspecified atom stereocenters. The van der Waals surface area contributed by atoms with Crippen molar-refractivity contribution in [3.8, 4) is 0 Å². The first-order chi connectivity index (χ1) is 14.3. The fourth-order valence-electron chi connectivity index (χ4n) is 8.12. The van der Waals surface area contributed by atoms with Crippen molar-refractivity contribution in [2.75, 3.05) is 6.61 Å². The average Bonchev–Trinajstić information content (AvgIpc) is 3.07. The Labute approximate surface area is 186 Å². The van der Waals surface area contributed by atoms with Crippen molar-refractivity contribution in [3.63, 3.8) is 0 Å². The van der Waals surface area contributed by atoms with Crippen LogP contribution in [0.5, 0.6) is 0 Å². The molecule has 168 valence electrons. The lowest BCUT2D eigenvalue weighted by atomic mass is 9.52. The van der Waals surface area contributed by atoms with E-state index in [9.17, 15) is 5.11 Å². The Morgan fingerprint density at radius 3 is 2.63 bits per heavy atom. The molecule has 0 bridgehead atoms. The molecule has 1 heteroatoms. The van der Waals surface area contributed by atoms with Crippen molar-refractivity contribution in [1.29, 1.82) is 0 Å². The molecule has 4 rings (SSSR count). The molecule has 1 N–H and O–H groups in total. The highest BCUT2D eigenvalue weighted by atomic mass is 16.2. The van der Waals surface area contributed by atoms with E-state index in [1.807, 2.05) is 11.1 Å². The lowest BCUT2D eigenvalue weighted by Crippen LogP contribution is -2.41. The standard InChI is InChI=1S/C29H46O/c1-20(2)22(16-19-30)10-9-21(3)25-13-14-26-24-12-11-23-8-6-7-17-28(23,4)27(24)15-18-29(25,26)5/h14,16,20-21,23,25,30H,6-13,15,17-19H2,1-5H3/t21-,23?,25-,28+,29-/m1/s1. The number of rotatable bonds is 6. The smallest absolute Gasteiger partial charge is 0.0615 e. The second kappa shape index (κ2) is 8.61. The first-order valence-electron chi connectivity index (χ1n) is 13.0. The minimum atomic E-state index is 0.186. The molecule has 0 aliphatic heterocycles. The molecule has 0 aromatic heterocycles. The third-order valence-electron chi connectivity index (χ3n) is 10.1. The number of aliphatic hydroxyl groups excluding tert-OH is 1. The van der Waals surface area contributed by atoms with E-state index in [2.05, 4.69) is 46.8 Å². The van der Waals surface area contributed by atoms with Crippen LogP contribution in [0.4, 0.5) is 0 Å². The van der Waals surface area contributed by atoms with Gasteiger partial charge in [0.1, 0.15) is 0 Å². The second-order valence-electron chi connectivity index (χ2n) is 11.9. The molecule has 5 atom stereocenters. The van der Waals surface area contributed by atoms with E-state index in [4.69, 9.17) is 0 Å². The molecule has 4 aliphatic carbocycles. The Hall–Kier alpha value is -0.820. The average molecular weight is 411 g/mol. The Kier molecular flexibility index (Phi) is 6.42.